The molecule has 2 aromatic carbocycles. The molecule has 1 aromatic heterocycles. The van der Waals surface area contributed by atoms with Gasteiger partial charge in [0.1, 0.15) is 16.3 Å². The lowest BCUT2D eigenvalue weighted by molar-refractivity contribution is 0.102. The zero-order valence-electron chi connectivity index (χ0n) is 15.2. The van der Waals surface area contributed by atoms with E-state index in [-0.39, 0.29) is 22.0 Å². The molecule has 0 spiro atoms. The third kappa shape index (κ3) is 4.41. The Bertz CT molecular complexity index is 1090. The molecule has 0 unspecified atom stereocenters. The van der Waals surface area contributed by atoms with E-state index in [1.165, 1.54) is 18.2 Å². The number of carbonyl (C=O) groups is 1. The predicted molar refractivity (Wildman–Crippen MR) is 106 cm³/mol. The standard InChI is InChI=1S/C19H18ClN3O4S/c1-12-18(13(2)27-23-12)22-19(24)15-8-9-16(20)17(10-15)28(25,26)21-11-14-6-4-3-5-7-14/h3-10,21H,11H2,1-2H3,(H,22,24). The van der Waals surface area contributed by atoms with Crippen molar-refractivity contribution >= 4 is 33.2 Å². The Morgan fingerprint density at radius 2 is 1.86 bits per heavy atom. The molecule has 0 bridgehead atoms. The first-order valence-electron chi connectivity index (χ1n) is 8.35. The summed E-state index contributed by atoms with van der Waals surface area (Å²) in [6.07, 6.45) is 0. The van der Waals surface area contributed by atoms with Gasteiger partial charge in [0, 0.05) is 12.1 Å². The summed E-state index contributed by atoms with van der Waals surface area (Å²) in [5, 5.41) is 6.47. The number of nitrogens with one attached hydrogen (secondary N) is 2. The van der Waals surface area contributed by atoms with E-state index < -0.39 is 15.9 Å². The number of hydrogen-bond acceptors (Lipinski definition) is 5. The Hall–Kier alpha value is -2.68. The third-order valence-corrected chi connectivity index (χ3v) is 5.95. The summed E-state index contributed by atoms with van der Waals surface area (Å²) in [5.41, 5.74) is 1.92. The Morgan fingerprint density at radius 1 is 1.14 bits per heavy atom. The average Bonchev–Trinajstić information content (AvgIpc) is 2.99. The molecule has 28 heavy (non-hydrogen) atoms. The van der Waals surface area contributed by atoms with E-state index in [1.807, 2.05) is 18.2 Å². The minimum absolute atomic E-state index is 0.0226. The molecule has 2 N–H and O–H groups in total. The van der Waals surface area contributed by atoms with Gasteiger partial charge in [0.25, 0.3) is 5.91 Å². The molecule has 9 heteroatoms. The van der Waals surface area contributed by atoms with Gasteiger partial charge in [-0.15, -0.1) is 0 Å². The number of rotatable bonds is 6. The quantitative estimate of drug-likeness (QED) is 0.634. The zero-order chi connectivity index (χ0) is 20.3. The minimum Gasteiger partial charge on any atom is -0.359 e. The number of aryl methyl sites for hydroxylation is 2. The molecule has 0 saturated heterocycles. The number of aromatic nitrogens is 1. The van der Waals surface area contributed by atoms with Crippen LogP contribution in [0.2, 0.25) is 5.02 Å². The van der Waals surface area contributed by atoms with Crippen LogP contribution in [-0.4, -0.2) is 19.5 Å². The van der Waals surface area contributed by atoms with E-state index in [4.69, 9.17) is 16.1 Å². The molecule has 1 amide bonds. The van der Waals surface area contributed by atoms with Crippen molar-refractivity contribution in [2.45, 2.75) is 25.3 Å². The van der Waals surface area contributed by atoms with Crippen LogP contribution in [0.4, 0.5) is 5.69 Å². The highest BCUT2D eigenvalue weighted by Gasteiger charge is 2.21. The Morgan fingerprint density at radius 3 is 2.50 bits per heavy atom. The molecule has 0 saturated carbocycles. The van der Waals surface area contributed by atoms with Gasteiger partial charge in [-0.3, -0.25) is 4.79 Å². The van der Waals surface area contributed by atoms with E-state index in [0.717, 1.165) is 5.56 Å². The fourth-order valence-electron chi connectivity index (χ4n) is 2.55. The minimum atomic E-state index is -3.92. The first-order valence-corrected chi connectivity index (χ1v) is 10.2. The maximum Gasteiger partial charge on any atom is 0.255 e. The van der Waals surface area contributed by atoms with Crippen LogP contribution in [0.1, 0.15) is 27.4 Å². The summed E-state index contributed by atoms with van der Waals surface area (Å²) >= 11 is 6.08. The van der Waals surface area contributed by atoms with Crippen molar-refractivity contribution in [3.63, 3.8) is 0 Å². The Kier molecular flexibility index (Phi) is 5.83. The first-order chi connectivity index (χ1) is 13.3. The first kappa shape index (κ1) is 20.1. The normalized spacial score (nSPS) is 11.4. The van der Waals surface area contributed by atoms with Crippen LogP contribution in [0.15, 0.2) is 57.9 Å². The second kappa shape index (κ2) is 8.14. The largest absolute Gasteiger partial charge is 0.359 e. The van der Waals surface area contributed by atoms with E-state index in [2.05, 4.69) is 15.2 Å². The van der Waals surface area contributed by atoms with Gasteiger partial charge >= 0.3 is 0 Å². The summed E-state index contributed by atoms with van der Waals surface area (Å²) in [7, 11) is -3.92. The summed E-state index contributed by atoms with van der Waals surface area (Å²) in [4.78, 5) is 12.4. The number of anilines is 1. The fraction of sp³-hybridized carbons (Fsp3) is 0.158. The van der Waals surface area contributed by atoms with Crippen LogP contribution in [-0.2, 0) is 16.6 Å². The van der Waals surface area contributed by atoms with Gasteiger partial charge in [-0.1, -0.05) is 47.1 Å². The molecular weight excluding hydrogens is 402 g/mol. The molecule has 0 aliphatic carbocycles. The number of carbonyl (C=O) groups excluding carboxylic acids is 1. The van der Waals surface area contributed by atoms with Crippen molar-refractivity contribution in [3.05, 3.63) is 76.1 Å². The smallest absolute Gasteiger partial charge is 0.255 e. The van der Waals surface area contributed by atoms with Gasteiger partial charge in [-0.05, 0) is 37.6 Å². The maximum absolute atomic E-state index is 12.7. The molecule has 7 nitrogen and oxygen atoms in total. The Balaban J connectivity index is 1.83. The highest BCUT2D eigenvalue weighted by Crippen LogP contribution is 2.25. The van der Waals surface area contributed by atoms with Crippen LogP contribution in [0, 0.1) is 13.8 Å². The van der Waals surface area contributed by atoms with E-state index in [9.17, 15) is 13.2 Å². The molecule has 1 heterocycles. The number of sulfonamides is 1. The van der Waals surface area contributed by atoms with Crippen LogP contribution in [0.25, 0.3) is 0 Å². The maximum atomic E-state index is 12.7. The van der Waals surface area contributed by atoms with Crippen molar-refractivity contribution in [1.29, 1.82) is 0 Å². The molecule has 0 aliphatic heterocycles. The summed E-state index contributed by atoms with van der Waals surface area (Å²) in [6.45, 7) is 3.47. The van der Waals surface area contributed by atoms with Crippen LogP contribution in [0.3, 0.4) is 0 Å². The van der Waals surface area contributed by atoms with Crippen LogP contribution in [0.5, 0.6) is 0 Å². The Labute approximate surface area is 167 Å². The number of benzene rings is 2. The second-order valence-corrected chi connectivity index (χ2v) is 8.25. The van der Waals surface area contributed by atoms with Crippen molar-refractivity contribution in [2.75, 3.05) is 5.32 Å². The highest BCUT2D eigenvalue weighted by molar-refractivity contribution is 7.89. The van der Waals surface area contributed by atoms with Crippen molar-refractivity contribution < 1.29 is 17.7 Å². The zero-order valence-corrected chi connectivity index (χ0v) is 16.8. The van der Waals surface area contributed by atoms with Crippen molar-refractivity contribution in [1.82, 2.24) is 9.88 Å². The molecular formula is C19H18ClN3O4S. The van der Waals surface area contributed by atoms with Gasteiger partial charge in [-0.2, -0.15) is 0 Å². The number of hydrogen-bond donors (Lipinski definition) is 2. The van der Waals surface area contributed by atoms with Gasteiger partial charge in [0.2, 0.25) is 10.0 Å². The molecule has 146 valence electrons. The lowest BCUT2D eigenvalue weighted by atomic mass is 10.2. The number of amides is 1. The number of nitrogens with zero attached hydrogens (tertiary/aromatic N) is 1. The lowest BCUT2D eigenvalue weighted by Gasteiger charge is -2.11. The predicted octanol–water partition coefficient (Wildman–Crippen LogP) is 3.68. The molecule has 3 aromatic rings. The summed E-state index contributed by atoms with van der Waals surface area (Å²) in [5.74, 6) is -0.0391. The van der Waals surface area contributed by atoms with Crippen molar-refractivity contribution in [2.24, 2.45) is 0 Å². The van der Waals surface area contributed by atoms with Gasteiger partial charge in [-0.25, -0.2) is 13.1 Å². The average molecular weight is 420 g/mol. The second-order valence-electron chi connectivity index (χ2n) is 6.11. The fourth-order valence-corrected chi connectivity index (χ4v) is 4.09. The van der Waals surface area contributed by atoms with E-state index >= 15 is 0 Å². The van der Waals surface area contributed by atoms with E-state index in [0.29, 0.717) is 17.1 Å². The third-order valence-electron chi connectivity index (χ3n) is 4.06. The van der Waals surface area contributed by atoms with Crippen LogP contribution >= 0.6 is 11.6 Å². The lowest BCUT2D eigenvalue weighted by Crippen LogP contribution is -2.24. The summed E-state index contributed by atoms with van der Waals surface area (Å²) < 4.78 is 32.9. The monoisotopic (exact) mass is 419 g/mol. The van der Waals surface area contributed by atoms with Crippen molar-refractivity contribution in [3.8, 4) is 0 Å². The van der Waals surface area contributed by atoms with Crippen LogP contribution < -0.4 is 10.0 Å². The highest BCUT2D eigenvalue weighted by atomic mass is 35.5. The summed E-state index contributed by atoms with van der Waals surface area (Å²) in [6, 6.07) is 13.1. The van der Waals surface area contributed by atoms with Gasteiger partial charge in [0.15, 0.2) is 5.76 Å². The molecule has 0 aliphatic rings. The molecule has 0 atom stereocenters. The number of halogens is 1. The SMILES string of the molecule is Cc1noc(C)c1NC(=O)c1ccc(Cl)c(S(=O)(=O)NCc2ccccc2)c1. The molecule has 0 radical (unpaired) electrons. The van der Waals surface area contributed by atoms with Gasteiger partial charge in [0.05, 0.1) is 5.02 Å². The van der Waals surface area contributed by atoms with Gasteiger partial charge < -0.3 is 9.84 Å². The van der Waals surface area contributed by atoms with E-state index in [1.54, 1.807) is 26.0 Å². The topological polar surface area (TPSA) is 101 Å². The molecule has 0 fully saturated rings. The molecule has 3 rings (SSSR count).